The Bertz CT molecular complexity index is 1030. The Morgan fingerprint density at radius 1 is 1.10 bits per heavy atom. The number of hydrogen-bond donors (Lipinski definition) is 1. The number of likely N-dealkylation sites (N-methyl/N-ethyl adjacent to an activating group) is 1. The number of ketones is 1. The number of benzene rings is 2. The second kappa shape index (κ2) is 9.43. The molecule has 1 amide bonds. The highest BCUT2D eigenvalue weighted by Gasteiger charge is 2.46. The molecular weight excluding hydrogens is 395 g/mol. The van der Waals surface area contributed by atoms with Crippen molar-refractivity contribution in [3.63, 3.8) is 0 Å². The van der Waals surface area contributed by atoms with E-state index in [-0.39, 0.29) is 23.4 Å². The maximum atomic E-state index is 14.8. The molecule has 1 aliphatic rings. The topological polar surface area (TPSA) is 60.9 Å². The fraction of sp³-hybridized carbons (Fsp3) is 0.360. The maximum absolute atomic E-state index is 14.8. The van der Waals surface area contributed by atoms with Crippen LogP contribution in [0.25, 0.3) is 5.76 Å². The van der Waals surface area contributed by atoms with E-state index in [1.807, 2.05) is 39.8 Å². The third kappa shape index (κ3) is 4.39. The van der Waals surface area contributed by atoms with Crippen LogP contribution in [0.3, 0.4) is 0 Å². The fourth-order valence-electron chi connectivity index (χ4n) is 4.06. The van der Waals surface area contributed by atoms with Gasteiger partial charge in [0.25, 0.3) is 11.7 Å². The summed E-state index contributed by atoms with van der Waals surface area (Å²) in [7, 11) is 0. The molecule has 1 saturated heterocycles. The first-order valence-corrected chi connectivity index (χ1v) is 10.6. The van der Waals surface area contributed by atoms with E-state index in [0.29, 0.717) is 12.1 Å². The number of nitrogens with zero attached hydrogens (tertiary/aromatic N) is 2. The summed E-state index contributed by atoms with van der Waals surface area (Å²) in [6.07, 6.45) is 0. The zero-order chi connectivity index (χ0) is 22.7. The van der Waals surface area contributed by atoms with E-state index >= 15 is 0 Å². The molecule has 0 saturated carbocycles. The number of hydrogen-bond acceptors (Lipinski definition) is 4. The molecule has 31 heavy (non-hydrogen) atoms. The molecule has 164 valence electrons. The minimum absolute atomic E-state index is 0.0663. The Morgan fingerprint density at radius 2 is 1.77 bits per heavy atom. The molecule has 3 rings (SSSR count). The lowest BCUT2D eigenvalue weighted by Crippen LogP contribution is -2.38. The van der Waals surface area contributed by atoms with Gasteiger partial charge in [0.1, 0.15) is 11.6 Å². The summed E-state index contributed by atoms with van der Waals surface area (Å²) < 4.78 is 14.8. The summed E-state index contributed by atoms with van der Waals surface area (Å²) in [5, 5.41) is 11.2. The minimum atomic E-state index is -0.975. The molecule has 0 radical (unpaired) electrons. The molecule has 0 spiro atoms. The smallest absolute Gasteiger partial charge is 0.295 e. The van der Waals surface area contributed by atoms with E-state index in [0.717, 1.165) is 24.2 Å². The van der Waals surface area contributed by atoms with Gasteiger partial charge in [0.15, 0.2) is 0 Å². The molecule has 1 heterocycles. The van der Waals surface area contributed by atoms with Crippen LogP contribution in [0.2, 0.25) is 0 Å². The summed E-state index contributed by atoms with van der Waals surface area (Å²) in [5.41, 5.74) is 2.29. The van der Waals surface area contributed by atoms with Crippen molar-refractivity contribution in [2.45, 2.75) is 33.7 Å². The fourth-order valence-corrected chi connectivity index (χ4v) is 4.06. The molecule has 1 fully saturated rings. The Balaban J connectivity index is 2.17. The first-order valence-electron chi connectivity index (χ1n) is 10.6. The van der Waals surface area contributed by atoms with Crippen molar-refractivity contribution >= 4 is 17.4 Å². The zero-order valence-electron chi connectivity index (χ0n) is 18.5. The number of halogens is 1. The average Bonchev–Trinajstić information content (AvgIpc) is 3.00. The van der Waals surface area contributed by atoms with E-state index in [1.165, 1.54) is 11.0 Å². The largest absolute Gasteiger partial charge is 0.507 e. The van der Waals surface area contributed by atoms with Crippen LogP contribution in [-0.4, -0.2) is 52.8 Å². The number of carbonyl (C=O) groups excluding carboxylic acids is 2. The molecule has 2 aromatic carbocycles. The Morgan fingerprint density at radius 3 is 2.42 bits per heavy atom. The van der Waals surface area contributed by atoms with Crippen LogP contribution >= 0.6 is 0 Å². The Labute approximate surface area is 182 Å². The number of carbonyl (C=O) groups is 2. The lowest BCUT2D eigenvalue weighted by Gasteiger charge is -2.28. The third-order valence-corrected chi connectivity index (χ3v) is 5.94. The number of rotatable bonds is 7. The van der Waals surface area contributed by atoms with Crippen LogP contribution in [-0.2, 0) is 9.59 Å². The van der Waals surface area contributed by atoms with Crippen molar-refractivity contribution in [2.75, 3.05) is 26.2 Å². The first-order chi connectivity index (χ1) is 14.8. The predicted octanol–water partition coefficient (Wildman–Crippen LogP) is 4.21. The van der Waals surface area contributed by atoms with Gasteiger partial charge in [-0.2, -0.15) is 0 Å². The van der Waals surface area contributed by atoms with Gasteiger partial charge in [-0.05, 0) is 44.6 Å². The van der Waals surface area contributed by atoms with Gasteiger partial charge in [-0.1, -0.05) is 49.7 Å². The molecule has 0 bridgehead atoms. The van der Waals surface area contributed by atoms with Gasteiger partial charge in [0.05, 0.1) is 11.6 Å². The number of aliphatic hydroxyl groups excluding tert-OH is 1. The first kappa shape index (κ1) is 22.7. The summed E-state index contributed by atoms with van der Waals surface area (Å²) in [4.78, 5) is 29.6. The van der Waals surface area contributed by atoms with E-state index in [9.17, 15) is 19.1 Å². The highest BCUT2D eigenvalue weighted by Crippen LogP contribution is 2.40. The van der Waals surface area contributed by atoms with E-state index in [2.05, 4.69) is 4.90 Å². The Hall–Kier alpha value is -2.99. The van der Waals surface area contributed by atoms with Crippen LogP contribution in [0.15, 0.2) is 48.0 Å². The molecule has 1 atom stereocenters. The number of aliphatic hydroxyl groups is 1. The third-order valence-electron chi connectivity index (χ3n) is 5.94. The molecule has 0 aromatic heterocycles. The Kier molecular flexibility index (Phi) is 6.91. The molecular formula is C25H29FN2O3. The highest BCUT2D eigenvalue weighted by atomic mass is 19.1. The number of aryl methyl sites for hydroxylation is 2. The van der Waals surface area contributed by atoms with E-state index in [1.54, 1.807) is 24.3 Å². The standard InChI is InChI=1S/C25H29FN2O3/c1-5-27(6-2)13-14-28-22(18-9-7-8-10-20(18)26)21(24(30)25(28)31)23(29)19-15-16(3)11-12-17(19)4/h7-12,15,22,29H,5-6,13-14H2,1-4H3/b23-21+. The van der Waals surface area contributed by atoms with Crippen LogP contribution < -0.4 is 0 Å². The number of Topliss-reactive ketones (excluding diaryl/α,β-unsaturated/α-hetero) is 1. The van der Waals surface area contributed by atoms with Crippen molar-refractivity contribution in [2.24, 2.45) is 0 Å². The highest BCUT2D eigenvalue weighted by molar-refractivity contribution is 6.46. The quantitative estimate of drug-likeness (QED) is 0.411. The molecule has 0 aliphatic carbocycles. The van der Waals surface area contributed by atoms with Crippen molar-refractivity contribution in [3.8, 4) is 0 Å². The molecule has 1 unspecified atom stereocenters. The lowest BCUT2D eigenvalue weighted by atomic mass is 9.93. The predicted molar refractivity (Wildman–Crippen MR) is 119 cm³/mol. The summed E-state index contributed by atoms with van der Waals surface area (Å²) >= 11 is 0. The van der Waals surface area contributed by atoms with Gasteiger partial charge in [-0.15, -0.1) is 0 Å². The maximum Gasteiger partial charge on any atom is 0.295 e. The van der Waals surface area contributed by atoms with Crippen molar-refractivity contribution in [3.05, 3.63) is 76.1 Å². The zero-order valence-corrected chi connectivity index (χ0v) is 18.5. The van der Waals surface area contributed by atoms with Gasteiger partial charge in [-0.25, -0.2) is 4.39 Å². The lowest BCUT2D eigenvalue weighted by molar-refractivity contribution is -0.140. The summed E-state index contributed by atoms with van der Waals surface area (Å²) in [5.74, 6) is -2.29. The van der Waals surface area contributed by atoms with Crippen LogP contribution in [0.4, 0.5) is 4.39 Å². The SMILES string of the molecule is CCN(CC)CCN1C(=O)C(=O)/C(=C(/O)c2cc(C)ccc2C)C1c1ccccc1F. The monoisotopic (exact) mass is 424 g/mol. The van der Waals surface area contributed by atoms with Crippen LogP contribution in [0.5, 0.6) is 0 Å². The van der Waals surface area contributed by atoms with Gasteiger partial charge in [0, 0.05) is 24.2 Å². The van der Waals surface area contributed by atoms with E-state index in [4.69, 9.17) is 0 Å². The molecule has 1 aliphatic heterocycles. The summed E-state index contributed by atoms with van der Waals surface area (Å²) in [6.45, 7) is 10.2. The second-order valence-electron chi connectivity index (χ2n) is 7.86. The van der Waals surface area contributed by atoms with E-state index < -0.39 is 23.5 Å². The van der Waals surface area contributed by atoms with Gasteiger partial charge >= 0.3 is 0 Å². The summed E-state index contributed by atoms with van der Waals surface area (Å²) in [6, 6.07) is 10.6. The van der Waals surface area contributed by atoms with Crippen molar-refractivity contribution < 1.29 is 19.1 Å². The van der Waals surface area contributed by atoms with Crippen LogP contribution in [0, 0.1) is 19.7 Å². The normalized spacial score (nSPS) is 18.3. The van der Waals surface area contributed by atoms with Crippen molar-refractivity contribution in [1.29, 1.82) is 0 Å². The molecule has 5 nitrogen and oxygen atoms in total. The second-order valence-corrected chi connectivity index (χ2v) is 7.86. The molecule has 6 heteroatoms. The molecule has 2 aromatic rings. The number of likely N-dealkylation sites (tertiary alicyclic amines) is 1. The van der Waals surface area contributed by atoms with Crippen molar-refractivity contribution in [1.82, 2.24) is 9.80 Å². The van der Waals surface area contributed by atoms with Gasteiger partial charge in [0.2, 0.25) is 0 Å². The average molecular weight is 425 g/mol. The molecule has 1 N–H and O–H groups in total. The minimum Gasteiger partial charge on any atom is -0.507 e. The van der Waals surface area contributed by atoms with Crippen LogP contribution in [0.1, 0.15) is 42.1 Å². The van der Waals surface area contributed by atoms with Gasteiger partial charge < -0.3 is 14.9 Å². The van der Waals surface area contributed by atoms with Gasteiger partial charge in [-0.3, -0.25) is 9.59 Å². The number of amides is 1.